The smallest absolute Gasteiger partial charge is 0.254 e. The highest BCUT2D eigenvalue weighted by molar-refractivity contribution is 6.11. The fourth-order valence-electron chi connectivity index (χ4n) is 3.37. The van der Waals surface area contributed by atoms with Crippen LogP contribution < -0.4 is 5.73 Å². The fourth-order valence-corrected chi connectivity index (χ4v) is 3.37. The van der Waals surface area contributed by atoms with Crippen molar-refractivity contribution in [1.82, 2.24) is 4.90 Å². The van der Waals surface area contributed by atoms with Gasteiger partial charge in [-0.15, -0.1) is 0 Å². The third-order valence-corrected chi connectivity index (χ3v) is 5.10. The molecule has 28 heavy (non-hydrogen) atoms. The number of aryl methyl sites for hydroxylation is 1. The number of fused-ring (bicyclic) bond motifs is 1. The number of carbonyl (C=O) groups is 2. The van der Waals surface area contributed by atoms with E-state index in [0.29, 0.717) is 11.1 Å². The van der Waals surface area contributed by atoms with E-state index in [1.807, 2.05) is 30.3 Å². The van der Waals surface area contributed by atoms with Crippen LogP contribution >= 0.6 is 0 Å². The van der Waals surface area contributed by atoms with E-state index >= 15 is 0 Å². The molecule has 0 aliphatic heterocycles. The van der Waals surface area contributed by atoms with Gasteiger partial charge in [0, 0.05) is 25.1 Å². The molecule has 0 radical (unpaired) electrons. The summed E-state index contributed by atoms with van der Waals surface area (Å²) in [6.07, 6.45) is 0.104. The van der Waals surface area contributed by atoms with Crippen molar-refractivity contribution >= 4 is 22.6 Å². The zero-order valence-electron chi connectivity index (χ0n) is 16.2. The summed E-state index contributed by atoms with van der Waals surface area (Å²) in [5, 5.41) is 1.72. The predicted octanol–water partition coefficient (Wildman–Crippen LogP) is 4.29. The van der Waals surface area contributed by atoms with Gasteiger partial charge in [0.05, 0.1) is 0 Å². The Morgan fingerprint density at radius 2 is 1.75 bits per heavy atom. The number of amides is 2. The minimum atomic E-state index is -0.445. The van der Waals surface area contributed by atoms with Crippen LogP contribution in [0.15, 0.2) is 54.6 Å². The number of carbonyl (C=O) groups excluding carboxylic acids is 2. The minimum absolute atomic E-state index is 0.104. The summed E-state index contributed by atoms with van der Waals surface area (Å²) < 4.78 is 13.7. The number of benzene rings is 3. The Kier molecular flexibility index (Phi) is 5.45. The van der Waals surface area contributed by atoms with Gasteiger partial charge in [-0.05, 0) is 59.5 Å². The molecule has 2 N–H and O–H groups in total. The number of halogens is 1. The molecule has 4 nitrogen and oxygen atoms in total. The summed E-state index contributed by atoms with van der Waals surface area (Å²) in [7, 11) is 1.67. The largest absolute Gasteiger partial charge is 0.370 e. The first-order valence-electron chi connectivity index (χ1n) is 9.13. The van der Waals surface area contributed by atoms with Crippen molar-refractivity contribution in [3.63, 3.8) is 0 Å². The third kappa shape index (κ3) is 3.74. The average Bonchev–Trinajstić information content (AvgIpc) is 2.67. The lowest BCUT2D eigenvalue weighted by atomic mass is 9.93. The van der Waals surface area contributed by atoms with E-state index in [9.17, 15) is 14.0 Å². The monoisotopic (exact) mass is 378 g/mol. The molecule has 0 heterocycles. The van der Waals surface area contributed by atoms with Gasteiger partial charge >= 0.3 is 0 Å². The van der Waals surface area contributed by atoms with E-state index in [0.717, 1.165) is 21.9 Å². The molecule has 0 saturated carbocycles. The summed E-state index contributed by atoms with van der Waals surface area (Å²) in [4.78, 5) is 25.8. The lowest BCUT2D eigenvalue weighted by molar-refractivity contribution is -0.118. The highest BCUT2D eigenvalue weighted by Gasteiger charge is 2.21. The molecule has 0 saturated heterocycles. The lowest BCUT2D eigenvalue weighted by Gasteiger charge is -2.25. The second kappa shape index (κ2) is 7.80. The van der Waals surface area contributed by atoms with Crippen LogP contribution in [0.1, 0.15) is 29.3 Å². The van der Waals surface area contributed by atoms with Crippen molar-refractivity contribution in [3.8, 4) is 11.1 Å². The molecule has 3 aromatic rings. The van der Waals surface area contributed by atoms with Crippen molar-refractivity contribution in [2.45, 2.75) is 26.3 Å². The zero-order chi connectivity index (χ0) is 20.4. The van der Waals surface area contributed by atoms with Crippen LogP contribution in [-0.2, 0) is 4.79 Å². The summed E-state index contributed by atoms with van der Waals surface area (Å²) in [6, 6.07) is 16.0. The molecule has 2 amide bonds. The van der Waals surface area contributed by atoms with Gasteiger partial charge in [-0.1, -0.05) is 36.4 Å². The van der Waals surface area contributed by atoms with Crippen LogP contribution in [0.5, 0.6) is 0 Å². The molecule has 0 aliphatic rings. The summed E-state index contributed by atoms with van der Waals surface area (Å²) in [5.74, 6) is -0.865. The third-order valence-electron chi connectivity index (χ3n) is 5.10. The van der Waals surface area contributed by atoms with Gasteiger partial charge in [-0.25, -0.2) is 4.39 Å². The fraction of sp³-hybridized carbons (Fsp3) is 0.217. The topological polar surface area (TPSA) is 63.4 Å². The molecule has 5 heteroatoms. The molecule has 0 aliphatic carbocycles. The molecular formula is C23H23FN2O2. The number of nitrogens with two attached hydrogens (primary N) is 1. The van der Waals surface area contributed by atoms with Crippen LogP contribution in [-0.4, -0.2) is 29.8 Å². The van der Waals surface area contributed by atoms with E-state index in [-0.39, 0.29) is 24.2 Å². The van der Waals surface area contributed by atoms with Gasteiger partial charge in [-0.3, -0.25) is 9.59 Å². The highest BCUT2D eigenvalue weighted by Crippen LogP contribution is 2.32. The Labute approximate surface area is 163 Å². The summed E-state index contributed by atoms with van der Waals surface area (Å²) >= 11 is 0. The van der Waals surface area contributed by atoms with Gasteiger partial charge in [-0.2, -0.15) is 0 Å². The standard InChI is InChI=1S/C23H23FN2O2/c1-14-12-16(8-11-21(14)24)17-9-10-20(19-7-5-4-6-18(17)19)23(28)26(3)15(2)13-22(25)27/h4-12,15H,13H2,1-3H3,(H2,25,27). The number of hydrogen-bond donors (Lipinski definition) is 1. The molecule has 1 atom stereocenters. The normalized spacial score (nSPS) is 12.0. The minimum Gasteiger partial charge on any atom is -0.370 e. The van der Waals surface area contributed by atoms with Crippen molar-refractivity contribution in [1.29, 1.82) is 0 Å². The van der Waals surface area contributed by atoms with Crippen LogP contribution in [0.25, 0.3) is 21.9 Å². The molecule has 3 rings (SSSR count). The van der Waals surface area contributed by atoms with Crippen LogP contribution in [0.3, 0.4) is 0 Å². The maximum Gasteiger partial charge on any atom is 0.254 e. The van der Waals surface area contributed by atoms with Crippen molar-refractivity contribution in [2.24, 2.45) is 5.73 Å². The first-order chi connectivity index (χ1) is 13.3. The SMILES string of the molecule is Cc1cc(-c2ccc(C(=O)N(C)C(C)CC(N)=O)c3ccccc23)ccc1F. The van der Waals surface area contributed by atoms with Crippen molar-refractivity contribution in [2.75, 3.05) is 7.05 Å². The molecule has 0 fully saturated rings. The first-order valence-corrected chi connectivity index (χ1v) is 9.13. The number of primary amides is 1. The van der Waals surface area contributed by atoms with E-state index in [1.165, 1.54) is 11.0 Å². The molecule has 0 spiro atoms. The number of nitrogens with zero attached hydrogens (tertiary/aromatic N) is 1. The second-order valence-corrected chi connectivity index (χ2v) is 7.11. The molecule has 0 aromatic heterocycles. The summed E-state index contributed by atoms with van der Waals surface area (Å²) in [6.45, 7) is 3.52. The number of hydrogen-bond acceptors (Lipinski definition) is 2. The van der Waals surface area contributed by atoms with Crippen molar-refractivity contribution < 1.29 is 14.0 Å². The van der Waals surface area contributed by atoms with E-state index in [4.69, 9.17) is 5.73 Å². The molecule has 144 valence electrons. The van der Waals surface area contributed by atoms with Crippen LogP contribution in [0.4, 0.5) is 4.39 Å². The number of rotatable bonds is 5. The van der Waals surface area contributed by atoms with Crippen molar-refractivity contribution in [3.05, 3.63) is 71.5 Å². The zero-order valence-corrected chi connectivity index (χ0v) is 16.2. The van der Waals surface area contributed by atoms with E-state index in [2.05, 4.69) is 0 Å². The van der Waals surface area contributed by atoms with Gasteiger partial charge < -0.3 is 10.6 Å². The first kappa shape index (κ1) is 19.5. The van der Waals surface area contributed by atoms with Crippen LogP contribution in [0.2, 0.25) is 0 Å². The predicted molar refractivity (Wildman–Crippen MR) is 109 cm³/mol. The Morgan fingerprint density at radius 3 is 2.39 bits per heavy atom. The Morgan fingerprint density at radius 1 is 1.07 bits per heavy atom. The molecular weight excluding hydrogens is 355 g/mol. The Hall–Kier alpha value is -3.21. The Balaban J connectivity index is 2.08. The van der Waals surface area contributed by atoms with E-state index < -0.39 is 5.91 Å². The molecule has 0 bridgehead atoms. The molecule has 1 unspecified atom stereocenters. The highest BCUT2D eigenvalue weighted by atomic mass is 19.1. The quantitative estimate of drug-likeness (QED) is 0.720. The average molecular weight is 378 g/mol. The lowest BCUT2D eigenvalue weighted by Crippen LogP contribution is -2.37. The maximum absolute atomic E-state index is 13.7. The van der Waals surface area contributed by atoms with Gasteiger partial charge in [0.15, 0.2) is 0 Å². The van der Waals surface area contributed by atoms with Gasteiger partial charge in [0.25, 0.3) is 5.91 Å². The Bertz CT molecular complexity index is 1060. The van der Waals surface area contributed by atoms with Gasteiger partial charge in [0.1, 0.15) is 5.82 Å². The van der Waals surface area contributed by atoms with Crippen LogP contribution in [0, 0.1) is 12.7 Å². The van der Waals surface area contributed by atoms with E-state index in [1.54, 1.807) is 39.1 Å². The molecule has 3 aromatic carbocycles. The van der Waals surface area contributed by atoms with Gasteiger partial charge in [0.2, 0.25) is 5.91 Å². The second-order valence-electron chi connectivity index (χ2n) is 7.11. The maximum atomic E-state index is 13.7. The summed E-state index contributed by atoms with van der Waals surface area (Å²) in [5.41, 5.74) is 8.21.